The zero-order chi connectivity index (χ0) is 16.8. The molecule has 1 N–H and O–H groups in total. The molecule has 0 spiro atoms. The van der Waals surface area contributed by atoms with Gasteiger partial charge in [0.05, 0.1) is 12.8 Å². The number of amides is 1. The van der Waals surface area contributed by atoms with Crippen LogP contribution in [0.1, 0.15) is 18.1 Å². The van der Waals surface area contributed by atoms with Crippen LogP contribution in [-0.2, 0) is 17.8 Å². The first-order valence-corrected chi connectivity index (χ1v) is 7.08. The van der Waals surface area contributed by atoms with Crippen LogP contribution in [0.2, 0.25) is 0 Å². The summed E-state index contributed by atoms with van der Waals surface area (Å²) in [5.74, 6) is -1.05. The van der Waals surface area contributed by atoms with Gasteiger partial charge in [-0.05, 0) is 36.2 Å². The van der Waals surface area contributed by atoms with Crippen LogP contribution in [0, 0.1) is 11.6 Å². The van der Waals surface area contributed by atoms with Gasteiger partial charge in [0.1, 0.15) is 12.4 Å². The third-order valence-electron chi connectivity index (χ3n) is 3.32. The van der Waals surface area contributed by atoms with Gasteiger partial charge >= 0.3 is 6.09 Å². The number of carbonyl (C=O) groups is 1. The Balaban J connectivity index is 2.18. The van der Waals surface area contributed by atoms with Gasteiger partial charge in [0.15, 0.2) is 11.6 Å². The number of nitrogens with one attached hydrogen (secondary N) is 1. The fraction of sp³-hybridized carbons (Fsp3) is 0.235. The van der Waals surface area contributed by atoms with E-state index in [0.29, 0.717) is 6.42 Å². The van der Waals surface area contributed by atoms with Crippen molar-refractivity contribution in [2.75, 3.05) is 12.4 Å². The van der Waals surface area contributed by atoms with E-state index in [-0.39, 0.29) is 23.6 Å². The molecule has 0 unspecified atom stereocenters. The van der Waals surface area contributed by atoms with Crippen LogP contribution >= 0.6 is 0 Å². The van der Waals surface area contributed by atoms with Gasteiger partial charge in [-0.1, -0.05) is 19.1 Å². The Labute approximate surface area is 133 Å². The second-order valence-corrected chi connectivity index (χ2v) is 4.79. The van der Waals surface area contributed by atoms with E-state index in [1.165, 1.54) is 37.4 Å². The van der Waals surface area contributed by atoms with E-state index in [1.54, 1.807) is 6.07 Å². The lowest BCUT2D eigenvalue weighted by atomic mass is 10.1. The van der Waals surface area contributed by atoms with Gasteiger partial charge in [-0.2, -0.15) is 0 Å². The highest BCUT2D eigenvalue weighted by molar-refractivity contribution is 5.85. The molecule has 0 saturated heterocycles. The van der Waals surface area contributed by atoms with Gasteiger partial charge in [-0.3, -0.25) is 5.32 Å². The molecule has 0 aromatic heterocycles. The van der Waals surface area contributed by atoms with Gasteiger partial charge in [0, 0.05) is 5.56 Å². The zero-order valence-corrected chi connectivity index (χ0v) is 12.9. The minimum Gasteiger partial charge on any atom is -0.486 e. The molecule has 6 heteroatoms. The Morgan fingerprint density at radius 3 is 2.61 bits per heavy atom. The highest BCUT2D eigenvalue weighted by Gasteiger charge is 2.13. The van der Waals surface area contributed by atoms with Crippen molar-refractivity contribution in [1.29, 1.82) is 0 Å². The monoisotopic (exact) mass is 321 g/mol. The van der Waals surface area contributed by atoms with Gasteiger partial charge in [-0.25, -0.2) is 13.6 Å². The van der Waals surface area contributed by atoms with Gasteiger partial charge < -0.3 is 9.47 Å². The van der Waals surface area contributed by atoms with E-state index in [9.17, 15) is 13.6 Å². The third kappa shape index (κ3) is 4.18. The Hall–Kier alpha value is -2.63. The van der Waals surface area contributed by atoms with E-state index >= 15 is 0 Å². The molecule has 4 nitrogen and oxygen atoms in total. The fourth-order valence-electron chi connectivity index (χ4n) is 2.01. The Morgan fingerprint density at radius 1 is 1.17 bits per heavy atom. The molecule has 0 aliphatic heterocycles. The van der Waals surface area contributed by atoms with Crippen LogP contribution in [0.25, 0.3) is 0 Å². The lowest BCUT2D eigenvalue weighted by Crippen LogP contribution is -2.14. The number of halogens is 2. The third-order valence-corrected chi connectivity index (χ3v) is 3.32. The molecule has 122 valence electrons. The molecule has 2 rings (SSSR count). The number of methoxy groups -OCH3 is 1. The van der Waals surface area contributed by atoms with Crippen molar-refractivity contribution in [2.45, 2.75) is 20.0 Å². The minimum atomic E-state index is -0.727. The SMILES string of the molecule is CCc1ccc(OCc2c(F)cccc2NC(=O)OC)c(F)c1. The number of benzene rings is 2. The van der Waals surface area contributed by atoms with Crippen molar-refractivity contribution in [3.8, 4) is 5.75 Å². The summed E-state index contributed by atoms with van der Waals surface area (Å²) in [6.07, 6.45) is -0.0205. The molecule has 0 bridgehead atoms. The molecule has 2 aromatic carbocycles. The van der Waals surface area contributed by atoms with Gasteiger partial charge in [0.2, 0.25) is 0 Å². The summed E-state index contributed by atoms with van der Waals surface area (Å²) < 4.78 is 37.7. The average molecular weight is 321 g/mol. The molecule has 0 aliphatic carbocycles. The normalized spacial score (nSPS) is 10.3. The van der Waals surface area contributed by atoms with E-state index in [0.717, 1.165) is 5.56 Å². The molecular weight excluding hydrogens is 304 g/mol. The number of carbonyl (C=O) groups excluding carboxylic acids is 1. The van der Waals surface area contributed by atoms with Crippen molar-refractivity contribution >= 4 is 11.8 Å². The van der Waals surface area contributed by atoms with Crippen LogP contribution in [-0.4, -0.2) is 13.2 Å². The quantitative estimate of drug-likeness (QED) is 0.894. The molecule has 0 fully saturated rings. The summed E-state index contributed by atoms with van der Waals surface area (Å²) in [6.45, 7) is 1.69. The summed E-state index contributed by atoms with van der Waals surface area (Å²) in [5, 5.41) is 2.40. The van der Waals surface area contributed by atoms with E-state index < -0.39 is 17.7 Å². The first kappa shape index (κ1) is 16.7. The molecule has 1 amide bonds. The Bertz CT molecular complexity index is 704. The van der Waals surface area contributed by atoms with Crippen molar-refractivity contribution in [3.05, 3.63) is 59.2 Å². The highest BCUT2D eigenvalue weighted by Crippen LogP contribution is 2.24. The summed E-state index contributed by atoms with van der Waals surface area (Å²) in [4.78, 5) is 11.3. The van der Waals surface area contributed by atoms with Gasteiger partial charge in [-0.15, -0.1) is 0 Å². The number of hydrogen-bond acceptors (Lipinski definition) is 3. The first-order chi connectivity index (χ1) is 11.0. The standard InChI is InChI=1S/C17H17F2NO3/c1-3-11-7-8-16(14(19)9-11)23-10-12-13(18)5-4-6-15(12)20-17(21)22-2/h4-9H,3,10H2,1-2H3,(H,20,21). The summed E-state index contributed by atoms with van der Waals surface area (Å²) >= 11 is 0. The maximum Gasteiger partial charge on any atom is 0.411 e. The summed E-state index contributed by atoms with van der Waals surface area (Å²) in [6, 6.07) is 8.81. The number of hydrogen-bond donors (Lipinski definition) is 1. The maximum atomic E-state index is 14.0. The smallest absolute Gasteiger partial charge is 0.411 e. The van der Waals surface area contributed by atoms with Crippen LogP contribution in [0.5, 0.6) is 5.75 Å². The lowest BCUT2D eigenvalue weighted by molar-refractivity contribution is 0.187. The molecule has 0 radical (unpaired) electrons. The number of ether oxygens (including phenoxy) is 2. The Morgan fingerprint density at radius 2 is 1.96 bits per heavy atom. The number of aryl methyl sites for hydroxylation is 1. The highest BCUT2D eigenvalue weighted by atomic mass is 19.1. The van der Waals surface area contributed by atoms with Crippen LogP contribution in [0.4, 0.5) is 19.3 Å². The van der Waals surface area contributed by atoms with Crippen molar-refractivity contribution in [3.63, 3.8) is 0 Å². The van der Waals surface area contributed by atoms with E-state index in [4.69, 9.17) is 4.74 Å². The van der Waals surface area contributed by atoms with E-state index in [1.807, 2.05) is 6.92 Å². The molecule has 23 heavy (non-hydrogen) atoms. The minimum absolute atomic E-state index is 0.0227. The predicted octanol–water partition coefficient (Wildman–Crippen LogP) is 4.28. The van der Waals surface area contributed by atoms with Gasteiger partial charge in [0.25, 0.3) is 0 Å². The molecule has 0 heterocycles. The fourth-order valence-corrected chi connectivity index (χ4v) is 2.01. The van der Waals surface area contributed by atoms with Crippen LogP contribution in [0.15, 0.2) is 36.4 Å². The molecular formula is C17H17F2NO3. The molecule has 0 atom stereocenters. The summed E-state index contributed by atoms with van der Waals surface area (Å²) in [5.41, 5.74) is 1.16. The van der Waals surface area contributed by atoms with Crippen molar-refractivity contribution in [1.82, 2.24) is 0 Å². The largest absolute Gasteiger partial charge is 0.486 e. The van der Waals surface area contributed by atoms with Crippen molar-refractivity contribution < 1.29 is 23.0 Å². The molecule has 2 aromatic rings. The molecule has 0 saturated carbocycles. The first-order valence-electron chi connectivity index (χ1n) is 7.08. The number of anilines is 1. The molecule has 0 aliphatic rings. The number of rotatable bonds is 5. The Kier molecular flexibility index (Phi) is 5.51. The maximum absolute atomic E-state index is 14.0. The van der Waals surface area contributed by atoms with Crippen LogP contribution < -0.4 is 10.1 Å². The van der Waals surface area contributed by atoms with Crippen molar-refractivity contribution in [2.24, 2.45) is 0 Å². The topological polar surface area (TPSA) is 47.6 Å². The summed E-state index contributed by atoms with van der Waals surface area (Å²) in [7, 11) is 1.20. The second kappa shape index (κ2) is 7.58. The lowest BCUT2D eigenvalue weighted by Gasteiger charge is -2.13. The zero-order valence-electron chi connectivity index (χ0n) is 12.9. The van der Waals surface area contributed by atoms with E-state index in [2.05, 4.69) is 10.1 Å². The predicted molar refractivity (Wildman–Crippen MR) is 82.5 cm³/mol. The second-order valence-electron chi connectivity index (χ2n) is 4.79. The van der Waals surface area contributed by atoms with Crippen LogP contribution in [0.3, 0.4) is 0 Å². The average Bonchev–Trinajstić information content (AvgIpc) is 2.55.